The lowest BCUT2D eigenvalue weighted by atomic mass is 10.0. The second-order valence-corrected chi connectivity index (χ2v) is 27.0. The van der Waals surface area contributed by atoms with Gasteiger partial charge in [0.1, 0.15) is 13.2 Å². The van der Waals surface area contributed by atoms with Crippen LogP contribution in [0.25, 0.3) is 0 Å². The standard InChI is InChI=1S/C71H139N2O6P/c1-6-8-10-12-14-16-18-20-22-24-26-28-30-31-32-33-34-35-36-37-38-39-40-41-43-45-47-49-51-53-55-57-59-61-63-65-71(75)72-69(68-79-80(76,77)78-67-66-73(3,4)5)70(74)64-62-60-58-56-54-52-50-48-46-44-42-29-27-25-23-21-19-17-15-13-11-9-7-2/h33-34,54,56,62,64,69-70,74H,6-32,35-53,55,57-61,63,65-68H2,1-5H3,(H-,72,75,76,77)/b34-33-,56-54+,64-62+. The number of nitrogens with one attached hydrogen (secondary N) is 1. The molecule has 0 saturated heterocycles. The molecule has 0 aliphatic rings. The maximum atomic E-state index is 13.0. The summed E-state index contributed by atoms with van der Waals surface area (Å²) in [5.74, 6) is -0.200. The Balaban J connectivity index is 4.03. The Labute approximate surface area is 499 Å². The van der Waals surface area contributed by atoms with Gasteiger partial charge in [0.2, 0.25) is 5.91 Å². The van der Waals surface area contributed by atoms with Gasteiger partial charge >= 0.3 is 0 Å². The highest BCUT2D eigenvalue weighted by Crippen LogP contribution is 2.38. The van der Waals surface area contributed by atoms with Gasteiger partial charge in [0.05, 0.1) is 39.9 Å². The minimum absolute atomic E-state index is 0.00467. The Hall–Kier alpha value is -1.28. The first-order valence-electron chi connectivity index (χ1n) is 35.4. The van der Waals surface area contributed by atoms with E-state index in [0.717, 1.165) is 38.5 Å². The van der Waals surface area contributed by atoms with Crippen LogP contribution < -0.4 is 10.2 Å². The van der Waals surface area contributed by atoms with Crippen LogP contribution in [0.2, 0.25) is 0 Å². The van der Waals surface area contributed by atoms with Gasteiger partial charge in [0.15, 0.2) is 0 Å². The van der Waals surface area contributed by atoms with Crippen molar-refractivity contribution in [2.75, 3.05) is 40.9 Å². The van der Waals surface area contributed by atoms with Gasteiger partial charge in [-0.2, -0.15) is 0 Å². The summed E-state index contributed by atoms with van der Waals surface area (Å²) in [5, 5.41) is 13.9. The summed E-state index contributed by atoms with van der Waals surface area (Å²) >= 11 is 0. The van der Waals surface area contributed by atoms with Crippen LogP contribution in [-0.2, 0) is 18.4 Å². The van der Waals surface area contributed by atoms with Crippen LogP contribution in [0.1, 0.15) is 361 Å². The average Bonchev–Trinajstić information content (AvgIpc) is 3.42. The third-order valence-electron chi connectivity index (χ3n) is 16.3. The van der Waals surface area contributed by atoms with E-state index in [1.165, 1.54) is 302 Å². The van der Waals surface area contributed by atoms with Gasteiger partial charge in [0.25, 0.3) is 7.82 Å². The highest BCUT2D eigenvalue weighted by atomic mass is 31.2. The van der Waals surface area contributed by atoms with E-state index in [0.29, 0.717) is 17.4 Å². The van der Waals surface area contributed by atoms with E-state index < -0.39 is 20.0 Å². The Morgan fingerprint density at radius 3 is 1.01 bits per heavy atom. The van der Waals surface area contributed by atoms with E-state index in [2.05, 4.69) is 43.5 Å². The molecule has 474 valence electrons. The zero-order chi connectivity index (χ0) is 58.4. The predicted octanol–water partition coefficient (Wildman–Crippen LogP) is 21.8. The fourth-order valence-electron chi connectivity index (χ4n) is 10.8. The third kappa shape index (κ3) is 64.3. The lowest BCUT2D eigenvalue weighted by molar-refractivity contribution is -0.870. The second-order valence-electron chi connectivity index (χ2n) is 25.6. The van der Waals surface area contributed by atoms with Crippen LogP contribution in [0.5, 0.6) is 0 Å². The molecule has 0 aliphatic heterocycles. The number of likely N-dealkylation sites (N-methyl/N-ethyl adjacent to an activating group) is 1. The zero-order valence-corrected chi connectivity index (χ0v) is 55.2. The number of aliphatic hydroxyl groups excluding tert-OH is 1. The second kappa shape index (κ2) is 62.3. The molecule has 0 aromatic heterocycles. The first-order valence-corrected chi connectivity index (χ1v) is 36.8. The number of hydrogen-bond acceptors (Lipinski definition) is 6. The maximum Gasteiger partial charge on any atom is 0.268 e. The number of hydrogen-bond donors (Lipinski definition) is 2. The van der Waals surface area contributed by atoms with Crippen LogP contribution in [0, 0.1) is 0 Å². The van der Waals surface area contributed by atoms with Crippen LogP contribution >= 0.6 is 7.82 Å². The summed E-state index contributed by atoms with van der Waals surface area (Å²) in [6, 6.07) is -0.903. The Morgan fingerprint density at radius 1 is 0.425 bits per heavy atom. The summed E-state index contributed by atoms with van der Waals surface area (Å²) in [5.41, 5.74) is 0. The van der Waals surface area contributed by atoms with E-state index in [9.17, 15) is 19.4 Å². The van der Waals surface area contributed by atoms with Crippen molar-refractivity contribution < 1.29 is 32.9 Å². The van der Waals surface area contributed by atoms with E-state index >= 15 is 0 Å². The fraction of sp³-hybridized carbons (Fsp3) is 0.901. The number of carbonyl (C=O) groups excluding carboxylic acids is 1. The maximum absolute atomic E-state index is 13.0. The molecule has 0 heterocycles. The summed E-state index contributed by atoms with van der Waals surface area (Å²) in [7, 11) is 1.26. The molecule has 0 bridgehead atoms. The molecule has 0 spiro atoms. The Kier molecular flexibility index (Phi) is 61.3. The number of nitrogens with zero attached hydrogens (tertiary/aromatic N) is 1. The lowest BCUT2D eigenvalue weighted by Gasteiger charge is -2.29. The van der Waals surface area contributed by atoms with E-state index in [4.69, 9.17) is 9.05 Å². The van der Waals surface area contributed by atoms with E-state index in [1.807, 2.05) is 27.2 Å². The van der Waals surface area contributed by atoms with Crippen LogP contribution in [0.15, 0.2) is 36.5 Å². The van der Waals surface area contributed by atoms with Crippen molar-refractivity contribution in [3.8, 4) is 0 Å². The Morgan fingerprint density at radius 2 is 0.700 bits per heavy atom. The number of rotatable bonds is 66. The molecule has 3 unspecified atom stereocenters. The number of phosphoric acid groups is 1. The van der Waals surface area contributed by atoms with Crippen molar-refractivity contribution in [1.82, 2.24) is 5.32 Å². The molecule has 0 aromatic rings. The minimum Gasteiger partial charge on any atom is -0.756 e. The van der Waals surface area contributed by atoms with Gasteiger partial charge in [-0.15, -0.1) is 0 Å². The zero-order valence-electron chi connectivity index (χ0n) is 54.3. The molecular weight excluding hydrogens is 1010 g/mol. The van der Waals surface area contributed by atoms with Gasteiger partial charge in [-0.25, -0.2) is 0 Å². The normalized spacial score (nSPS) is 13.8. The summed E-state index contributed by atoms with van der Waals surface area (Å²) in [6.07, 6.45) is 82.8. The largest absolute Gasteiger partial charge is 0.756 e. The van der Waals surface area contributed by atoms with Gasteiger partial charge in [-0.1, -0.05) is 333 Å². The van der Waals surface area contributed by atoms with Gasteiger partial charge in [0, 0.05) is 6.42 Å². The molecule has 0 rings (SSSR count). The molecule has 0 aliphatic carbocycles. The minimum atomic E-state index is -4.61. The number of allylic oxidation sites excluding steroid dienone is 5. The van der Waals surface area contributed by atoms with E-state index in [1.54, 1.807) is 6.08 Å². The molecule has 1 amide bonds. The topological polar surface area (TPSA) is 108 Å². The lowest BCUT2D eigenvalue weighted by Crippen LogP contribution is -2.45. The highest BCUT2D eigenvalue weighted by Gasteiger charge is 2.23. The number of aliphatic hydroxyl groups is 1. The molecule has 9 heteroatoms. The Bertz CT molecular complexity index is 1400. The van der Waals surface area contributed by atoms with E-state index in [-0.39, 0.29) is 19.1 Å². The van der Waals surface area contributed by atoms with Crippen molar-refractivity contribution in [3.05, 3.63) is 36.5 Å². The summed E-state index contributed by atoms with van der Waals surface area (Å²) in [4.78, 5) is 25.6. The van der Waals surface area contributed by atoms with Crippen LogP contribution in [0.3, 0.4) is 0 Å². The molecule has 0 radical (unpaired) electrons. The summed E-state index contributed by atoms with van der Waals surface area (Å²) in [6.45, 7) is 4.69. The number of phosphoric ester groups is 1. The SMILES string of the molecule is CCCCCCCCCCCCCCCC/C=C\CCCCCCCCCCCCCCCCCCCC(=O)NC(COP(=O)([O-])OCC[N+](C)(C)C)C(O)/C=C/CC/C=C/CCCCCCCCCCCCCCCCCCC. The first-order chi connectivity index (χ1) is 39.0. The van der Waals surface area contributed by atoms with Crippen molar-refractivity contribution in [3.63, 3.8) is 0 Å². The first kappa shape index (κ1) is 78.7. The molecular formula is C71H139N2O6P. The quantitative estimate of drug-likeness (QED) is 0.0272. The monoisotopic (exact) mass is 1150 g/mol. The summed E-state index contributed by atoms with van der Waals surface area (Å²) < 4.78 is 23.4. The molecule has 3 atom stereocenters. The third-order valence-corrected chi connectivity index (χ3v) is 17.3. The van der Waals surface area contributed by atoms with Gasteiger partial charge in [-0.3, -0.25) is 9.36 Å². The number of quaternary nitrogens is 1. The van der Waals surface area contributed by atoms with Gasteiger partial charge < -0.3 is 28.8 Å². The molecule has 80 heavy (non-hydrogen) atoms. The average molecular weight is 1150 g/mol. The van der Waals surface area contributed by atoms with Crippen LogP contribution in [0.4, 0.5) is 0 Å². The number of amides is 1. The van der Waals surface area contributed by atoms with Crippen molar-refractivity contribution in [1.29, 1.82) is 0 Å². The highest BCUT2D eigenvalue weighted by molar-refractivity contribution is 7.45. The smallest absolute Gasteiger partial charge is 0.268 e. The fourth-order valence-corrected chi connectivity index (χ4v) is 11.5. The predicted molar refractivity (Wildman–Crippen MR) is 348 cm³/mol. The molecule has 0 fully saturated rings. The number of unbranched alkanes of at least 4 members (excludes halogenated alkanes) is 49. The van der Waals surface area contributed by atoms with Crippen molar-refractivity contribution >= 4 is 13.7 Å². The van der Waals surface area contributed by atoms with Crippen molar-refractivity contribution in [2.24, 2.45) is 0 Å². The molecule has 0 saturated carbocycles. The van der Waals surface area contributed by atoms with Crippen LogP contribution in [-0.4, -0.2) is 68.5 Å². The van der Waals surface area contributed by atoms with Gasteiger partial charge in [-0.05, 0) is 57.8 Å². The molecule has 2 N–H and O–H groups in total. The molecule has 8 nitrogen and oxygen atoms in total. The van der Waals surface area contributed by atoms with Crippen molar-refractivity contribution in [2.45, 2.75) is 373 Å². The number of carbonyl (C=O) groups is 1. The molecule has 0 aromatic carbocycles.